The Morgan fingerprint density at radius 1 is 1.16 bits per heavy atom. The molecule has 2 aromatic carbocycles. The van der Waals surface area contributed by atoms with E-state index in [2.05, 4.69) is 15.9 Å². The minimum atomic E-state index is -0.575. The van der Waals surface area contributed by atoms with Crippen molar-refractivity contribution < 1.29 is 18.3 Å². The van der Waals surface area contributed by atoms with E-state index in [9.17, 15) is 13.6 Å². The summed E-state index contributed by atoms with van der Waals surface area (Å²) in [5, 5.41) is 0. The van der Waals surface area contributed by atoms with Crippen LogP contribution in [0.4, 0.5) is 8.78 Å². The molecular formula is C14H9BrF2O2. The van der Waals surface area contributed by atoms with Gasteiger partial charge >= 0.3 is 0 Å². The topological polar surface area (TPSA) is 26.3 Å². The Morgan fingerprint density at radius 2 is 1.95 bits per heavy atom. The summed E-state index contributed by atoms with van der Waals surface area (Å²) < 4.78 is 32.6. The second-order valence-corrected chi connectivity index (χ2v) is 4.78. The van der Waals surface area contributed by atoms with E-state index < -0.39 is 11.6 Å². The molecule has 5 heteroatoms. The molecule has 2 rings (SSSR count). The lowest BCUT2D eigenvalue weighted by atomic mass is 10.2. The Hall–Kier alpha value is -1.75. The molecule has 2 nitrogen and oxygen atoms in total. The minimum Gasteiger partial charge on any atom is -0.489 e. The van der Waals surface area contributed by atoms with Crippen LogP contribution in [-0.2, 0) is 6.61 Å². The first-order valence-electron chi connectivity index (χ1n) is 5.41. The van der Waals surface area contributed by atoms with E-state index in [1.165, 1.54) is 12.1 Å². The molecule has 0 aliphatic heterocycles. The van der Waals surface area contributed by atoms with E-state index in [1.807, 2.05) is 0 Å². The van der Waals surface area contributed by atoms with E-state index >= 15 is 0 Å². The van der Waals surface area contributed by atoms with E-state index in [1.54, 1.807) is 12.1 Å². The number of carbonyl (C=O) groups excluding carboxylic acids is 1. The van der Waals surface area contributed by atoms with Crippen molar-refractivity contribution >= 4 is 22.2 Å². The molecule has 2 aromatic rings. The van der Waals surface area contributed by atoms with Gasteiger partial charge in [0.05, 0.1) is 0 Å². The number of rotatable bonds is 4. The predicted octanol–water partition coefficient (Wildman–Crippen LogP) is 4.12. The maximum absolute atomic E-state index is 13.5. The van der Waals surface area contributed by atoms with Gasteiger partial charge in [-0.2, -0.15) is 0 Å². The molecule has 0 amide bonds. The molecular weight excluding hydrogens is 318 g/mol. The molecule has 0 aliphatic rings. The molecule has 0 saturated carbocycles. The Labute approximate surface area is 117 Å². The molecule has 0 fully saturated rings. The van der Waals surface area contributed by atoms with Crippen LogP contribution in [-0.4, -0.2) is 6.29 Å². The van der Waals surface area contributed by atoms with Crippen molar-refractivity contribution in [1.29, 1.82) is 0 Å². The first kappa shape index (κ1) is 13.7. The SMILES string of the molecule is O=Cc1cc(F)cc(OCc2cc(Br)ccc2F)c1. The molecule has 0 aliphatic carbocycles. The Bertz CT molecular complexity index is 614. The highest BCUT2D eigenvalue weighted by atomic mass is 79.9. The van der Waals surface area contributed by atoms with E-state index in [0.717, 1.165) is 16.6 Å². The molecule has 0 heterocycles. The van der Waals surface area contributed by atoms with Gasteiger partial charge in [-0.3, -0.25) is 4.79 Å². The summed E-state index contributed by atoms with van der Waals surface area (Å²) in [6.45, 7) is -0.0486. The summed E-state index contributed by atoms with van der Waals surface area (Å²) >= 11 is 3.23. The summed E-state index contributed by atoms with van der Waals surface area (Å²) in [7, 11) is 0. The summed E-state index contributed by atoms with van der Waals surface area (Å²) in [6.07, 6.45) is 0.523. The van der Waals surface area contributed by atoms with Gasteiger partial charge in [0.25, 0.3) is 0 Å². The van der Waals surface area contributed by atoms with Gasteiger partial charge in [0.2, 0.25) is 0 Å². The third kappa shape index (κ3) is 3.61. The van der Waals surface area contributed by atoms with Gasteiger partial charge in [-0.25, -0.2) is 8.78 Å². The molecule has 0 radical (unpaired) electrons. The molecule has 0 spiro atoms. The monoisotopic (exact) mass is 326 g/mol. The molecule has 19 heavy (non-hydrogen) atoms. The molecule has 98 valence electrons. The van der Waals surface area contributed by atoms with Crippen LogP contribution in [0.15, 0.2) is 40.9 Å². The molecule has 0 atom stereocenters. The van der Waals surface area contributed by atoms with E-state index in [-0.39, 0.29) is 17.9 Å². The highest BCUT2D eigenvalue weighted by molar-refractivity contribution is 9.10. The summed E-state index contributed by atoms with van der Waals surface area (Å²) in [6, 6.07) is 8.10. The van der Waals surface area contributed by atoms with Gasteiger partial charge in [-0.15, -0.1) is 0 Å². The zero-order chi connectivity index (χ0) is 13.8. The molecule has 0 bridgehead atoms. The highest BCUT2D eigenvalue weighted by Crippen LogP contribution is 2.20. The van der Waals surface area contributed by atoms with Crippen molar-refractivity contribution in [3.63, 3.8) is 0 Å². The Kier molecular flexibility index (Phi) is 4.27. The molecule has 0 aromatic heterocycles. The van der Waals surface area contributed by atoms with Crippen LogP contribution in [0.3, 0.4) is 0 Å². The normalized spacial score (nSPS) is 10.3. The number of carbonyl (C=O) groups is 1. The van der Waals surface area contributed by atoms with E-state index in [4.69, 9.17) is 4.74 Å². The van der Waals surface area contributed by atoms with Crippen molar-refractivity contribution in [3.05, 3.63) is 63.6 Å². The van der Waals surface area contributed by atoms with Crippen LogP contribution in [0.5, 0.6) is 5.75 Å². The molecule has 0 N–H and O–H groups in total. The van der Waals surface area contributed by atoms with Crippen LogP contribution >= 0.6 is 15.9 Å². The van der Waals surface area contributed by atoms with Gasteiger partial charge in [0, 0.05) is 21.7 Å². The van der Waals surface area contributed by atoms with Gasteiger partial charge in [0.15, 0.2) is 0 Å². The zero-order valence-electron chi connectivity index (χ0n) is 9.70. The predicted molar refractivity (Wildman–Crippen MR) is 70.2 cm³/mol. The Balaban J connectivity index is 2.16. The first-order valence-corrected chi connectivity index (χ1v) is 6.20. The summed E-state index contributed by atoms with van der Waals surface area (Å²) in [5.74, 6) is -0.800. The van der Waals surface area contributed by atoms with E-state index in [0.29, 0.717) is 11.8 Å². The van der Waals surface area contributed by atoms with Gasteiger partial charge in [-0.05, 0) is 30.3 Å². The fourth-order valence-corrected chi connectivity index (χ4v) is 1.96. The number of benzene rings is 2. The fourth-order valence-electron chi connectivity index (χ4n) is 1.55. The smallest absolute Gasteiger partial charge is 0.150 e. The number of hydrogen-bond donors (Lipinski definition) is 0. The van der Waals surface area contributed by atoms with Gasteiger partial charge in [-0.1, -0.05) is 15.9 Å². The Morgan fingerprint density at radius 3 is 2.68 bits per heavy atom. The maximum atomic E-state index is 13.5. The van der Waals surface area contributed by atoms with Crippen LogP contribution in [0, 0.1) is 11.6 Å². The van der Waals surface area contributed by atoms with Crippen molar-refractivity contribution in [3.8, 4) is 5.75 Å². The second-order valence-electron chi connectivity index (χ2n) is 3.86. The van der Waals surface area contributed by atoms with Crippen LogP contribution < -0.4 is 4.74 Å². The quantitative estimate of drug-likeness (QED) is 0.790. The minimum absolute atomic E-state index is 0.0486. The third-order valence-electron chi connectivity index (χ3n) is 2.43. The third-order valence-corrected chi connectivity index (χ3v) is 2.93. The van der Waals surface area contributed by atoms with Crippen molar-refractivity contribution in [2.24, 2.45) is 0 Å². The largest absolute Gasteiger partial charge is 0.489 e. The lowest BCUT2D eigenvalue weighted by molar-refractivity contribution is 0.112. The lowest BCUT2D eigenvalue weighted by Gasteiger charge is -2.08. The fraction of sp³-hybridized carbons (Fsp3) is 0.0714. The molecule has 0 saturated heterocycles. The number of hydrogen-bond acceptors (Lipinski definition) is 2. The first-order chi connectivity index (χ1) is 9.08. The standard InChI is InChI=1S/C14H9BrF2O2/c15-11-1-2-14(17)10(5-11)8-19-13-4-9(7-18)3-12(16)6-13/h1-7H,8H2. The van der Waals surface area contributed by atoms with Crippen LogP contribution in [0.1, 0.15) is 15.9 Å². The summed E-state index contributed by atoms with van der Waals surface area (Å²) in [4.78, 5) is 10.6. The van der Waals surface area contributed by atoms with Gasteiger partial charge < -0.3 is 4.74 Å². The van der Waals surface area contributed by atoms with Crippen molar-refractivity contribution in [2.45, 2.75) is 6.61 Å². The number of ether oxygens (including phenoxy) is 1. The van der Waals surface area contributed by atoms with Gasteiger partial charge in [0.1, 0.15) is 30.3 Å². The number of halogens is 3. The van der Waals surface area contributed by atoms with Crippen LogP contribution in [0.2, 0.25) is 0 Å². The summed E-state index contributed by atoms with van der Waals surface area (Å²) in [5.41, 5.74) is 0.510. The second kappa shape index (κ2) is 5.93. The molecule has 0 unspecified atom stereocenters. The average molecular weight is 327 g/mol. The maximum Gasteiger partial charge on any atom is 0.150 e. The van der Waals surface area contributed by atoms with Crippen molar-refractivity contribution in [2.75, 3.05) is 0 Å². The zero-order valence-corrected chi connectivity index (χ0v) is 11.3. The lowest BCUT2D eigenvalue weighted by Crippen LogP contribution is -1.99. The average Bonchev–Trinajstić information content (AvgIpc) is 2.39. The highest BCUT2D eigenvalue weighted by Gasteiger charge is 2.06. The van der Waals surface area contributed by atoms with Crippen LogP contribution in [0.25, 0.3) is 0 Å². The van der Waals surface area contributed by atoms with Crippen molar-refractivity contribution in [1.82, 2.24) is 0 Å². The number of aldehydes is 1.